The predicted molar refractivity (Wildman–Crippen MR) is 55.4 cm³/mol. The zero-order valence-electron chi connectivity index (χ0n) is 7.92. The third-order valence-electron chi connectivity index (χ3n) is 2.14. The number of rotatable bonds is 1. The summed E-state index contributed by atoms with van der Waals surface area (Å²) in [5.74, 6) is -0.224. The molecule has 2 aromatic carbocycles. The average Bonchev–Trinajstić information content (AvgIpc) is 2.18. The van der Waals surface area contributed by atoms with E-state index in [1.807, 2.05) is 31.2 Å². The van der Waals surface area contributed by atoms with E-state index in [0.717, 1.165) is 11.1 Å². The number of aryl methyl sites for hydroxylation is 1. The third-order valence-corrected chi connectivity index (χ3v) is 2.14. The lowest BCUT2D eigenvalue weighted by molar-refractivity contribution is 0.631. The van der Waals surface area contributed by atoms with Gasteiger partial charge in [0.2, 0.25) is 0 Å². The largest absolute Gasteiger partial charge is 0.206 e. The SMILES string of the molecule is Cc1cccc(-c2cc[c]cc2F)c1. The first kappa shape index (κ1) is 8.95. The van der Waals surface area contributed by atoms with E-state index < -0.39 is 0 Å². The molecule has 0 bridgehead atoms. The zero-order chi connectivity index (χ0) is 9.97. The van der Waals surface area contributed by atoms with Crippen molar-refractivity contribution in [1.82, 2.24) is 0 Å². The van der Waals surface area contributed by atoms with Crippen LogP contribution in [0.25, 0.3) is 11.1 Å². The first-order valence-corrected chi connectivity index (χ1v) is 4.50. The molecule has 2 rings (SSSR count). The topological polar surface area (TPSA) is 0 Å². The van der Waals surface area contributed by atoms with Gasteiger partial charge in [0, 0.05) is 5.56 Å². The Kier molecular flexibility index (Phi) is 2.32. The van der Waals surface area contributed by atoms with Crippen molar-refractivity contribution in [2.45, 2.75) is 6.92 Å². The maximum Gasteiger partial charge on any atom is 0.131 e. The summed E-state index contributed by atoms with van der Waals surface area (Å²) in [6.45, 7) is 2.00. The lowest BCUT2D eigenvalue weighted by Crippen LogP contribution is -1.83. The van der Waals surface area contributed by atoms with Gasteiger partial charge in [-0.3, -0.25) is 0 Å². The standard InChI is InChI=1S/C13H10F/c1-10-5-4-6-11(9-10)12-7-2-3-8-13(12)14/h2,4-9H,1H3. The van der Waals surface area contributed by atoms with Gasteiger partial charge in [0.1, 0.15) is 5.82 Å². The molecular weight excluding hydrogens is 175 g/mol. The van der Waals surface area contributed by atoms with Crippen molar-refractivity contribution in [3.8, 4) is 11.1 Å². The number of halogens is 1. The van der Waals surface area contributed by atoms with Crippen LogP contribution in [0.3, 0.4) is 0 Å². The first-order valence-electron chi connectivity index (χ1n) is 4.50. The molecule has 0 heterocycles. The predicted octanol–water partition coefficient (Wildman–Crippen LogP) is 3.60. The lowest BCUT2D eigenvalue weighted by atomic mass is 10.0. The highest BCUT2D eigenvalue weighted by molar-refractivity contribution is 5.64. The molecule has 0 aliphatic heterocycles. The van der Waals surface area contributed by atoms with Crippen molar-refractivity contribution in [2.24, 2.45) is 0 Å². The van der Waals surface area contributed by atoms with E-state index >= 15 is 0 Å². The van der Waals surface area contributed by atoms with Crippen molar-refractivity contribution < 1.29 is 4.39 Å². The van der Waals surface area contributed by atoms with Crippen LogP contribution in [-0.2, 0) is 0 Å². The van der Waals surface area contributed by atoms with Gasteiger partial charge in [-0.25, -0.2) is 4.39 Å². The second-order valence-electron chi connectivity index (χ2n) is 3.28. The molecule has 0 nitrogen and oxygen atoms in total. The molecule has 1 radical (unpaired) electrons. The van der Waals surface area contributed by atoms with Crippen LogP contribution in [0, 0.1) is 18.8 Å². The van der Waals surface area contributed by atoms with Gasteiger partial charge in [0.05, 0.1) is 0 Å². The minimum Gasteiger partial charge on any atom is -0.206 e. The van der Waals surface area contributed by atoms with E-state index in [2.05, 4.69) is 6.07 Å². The molecule has 0 N–H and O–H groups in total. The van der Waals surface area contributed by atoms with Gasteiger partial charge in [0.15, 0.2) is 0 Å². The van der Waals surface area contributed by atoms with Gasteiger partial charge >= 0.3 is 0 Å². The fourth-order valence-electron chi connectivity index (χ4n) is 1.46. The highest BCUT2D eigenvalue weighted by Crippen LogP contribution is 2.22. The van der Waals surface area contributed by atoms with Crippen LogP contribution < -0.4 is 0 Å². The zero-order valence-corrected chi connectivity index (χ0v) is 7.92. The highest BCUT2D eigenvalue weighted by atomic mass is 19.1. The molecule has 0 amide bonds. The van der Waals surface area contributed by atoms with Gasteiger partial charge < -0.3 is 0 Å². The molecule has 0 saturated carbocycles. The molecule has 0 atom stereocenters. The highest BCUT2D eigenvalue weighted by Gasteiger charge is 2.02. The number of hydrogen-bond donors (Lipinski definition) is 0. The molecule has 69 valence electrons. The van der Waals surface area contributed by atoms with E-state index in [4.69, 9.17) is 0 Å². The molecule has 0 unspecified atom stereocenters. The molecule has 2 aromatic rings. The molecule has 0 aromatic heterocycles. The monoisotopic (exact) mass is 185 g/mol. The third kappa shape index (κ3) is 1.67. The molecule has 0 saturated heterocycles. The van der Waals surface area contributed by atoms with Crippen LogP contribution in [0.5, 0.6) is 0 Å². The Hall–Kier alpha value is -1.63. The Morgan fingerprint density at radius 2 is 2.07 bits per heavy atom. The molecule has 0 aliphatic rings. The maximum absolute atomic E-state index is 13.4. The summed E-state index contributed by atoms with van der Waals surface area (Å²) in [6.07, 6.45) is 0. The van der Waals surface area contributed by atoms with Gasteiger partial charge in [-0.2, -0.15) is 0 Å². The van der Waals surface area contributed by atoms with Crippen molar-refractivity contribution >= 4 is 0 Å². The molecular formula is C13H10F. The number of hydrogen-bond acceptors (Lipinski definition) is 0. The minimum atomic E-state index is -0.224. The van der Waals surface area contributed by atoms with Crippen LogP contribution in [0.15, 0.2) is 42.5 Å². The fraction of sp³-hybridized carbons (Fsp3) is 0.0769. The summed E-state index contributed by atoms with van der Waals surface area (Å²) in [4.78, 5) is 0. The van der Waals surface area contributed by atoms with Crippen molar-refractivity contribution in [1.29, 1.82) is 0 Å². The summed E-state index contributed by atoms with van der Waals surface area (Å²) in [7, 11) is 0. The van der Waals surface area contributed by atoms with Gasteiger partial charge in [-0.15, -0.1) is 0 Å². The van der Waals surface area contributed by atoms with Crippen LogP contribution in [0.2, 0.25) is 0 Å². The summed E-state index contributed by atoms with van der Waals surface area (Å²) in [6, 6.07) is 15.3. The minimum absolute atomic E-state index is 0.224. The smallest absolute Gasteiger partial charge is 0.131 e. The van der Waals surface area contributed by atoms with E-state index in [-0.39, 0.29) is 5.82 Å². The van der Waals surface area contributed by atoms with E-state index in [1.54, 1.807) is 12.1 Å². The summed E-state index contributed by atoms with van der Waals surface area (Å²) in [5, 5.41) is 0. The van der Waals surface area contributed by atoms with E-state index in [0.29, 0.717) is 5.56 Å². The van der Waals surface area contributed by atoms with Crippen LogP contribution in [0.4, 0.5) is 4.39 Å². The number of benzene rings is 2. The van der Waals surface area contributed by atoms with Gasteiger partial charge in [0.25, 0.3) is 0 Å². The van der Waals surface area contributed by atoms with Crippen molar-refractivity contribution in [3.63, 3.8) is 0 Å². The lowest BCUT2D eigenvalue weighted by Gasteiger charge is -2.03. The fourth-order valence-corrected chi connectivity index (χ4v) is 1.46. The normalized spacial score (nSPS) is 10.1. The molecule has 0 aliphatic carbocycles. The van der Waals surface area contributed by atoms with E-state index in [1.165, 1.54) is 6.07 Å². The quantitative estimate of drug-likeness (QED) is 0.636. The first-order chi connectivity index (χ1) is 6.77. The molecule has 1 heteroatoms. The average molecular weight is 185 g/mol. The molecule has 0 spiro atoms. The Bertz CT molecular complexity index is 446. The Morgan fingerprint density at radius 1 is 1.21 bits per heavy atom. The van der Waals surface area contributed by atoms with Gasteiger partial charge in [-0.1, -0.05) is 42.0 Å². The Labute approximate surface area is 83.0 Å². The second-order valence-corrected chi connectivity index (χ2v) is 3.28. The van der Waals surface area contributed by atoms with Crippen LogP contribution in [0.1, 0.15) is 5.56 Å². The second kappa shape index (κ2) is 3.62. The Morgan fingerprint density at radius 3 is 2.79 bits per heavy atom. The Balaban J connectivity index is 2.55. The van der Waals surface area contributed by atoms with Crippen molar-refractivity contribution in [2.75, 3.05) is 0 Å². The summed E-state index contributed by atoms with van der Waals surface area (Å²) >= 11 is 0. The maximum atomic E-state index is 13.4. The van der Waals surface area contributed by atoms with Gasteiger partial charge in [-0.05, 0) is 24.6 Å². The van der Waals surface area contributed by atoms with E-state index in [9.17, 15) is 4.39 Å². The molecule has 0 fully saturated rings. The summed E-state index contributed by atoms with van der Waals surface area (Å²) < 4.78 is 13.4. The summed E-state index contributed by atoms with van der Waals surface area (Å²) in [5.41, 5.74) is 2.68. The molecule has 14 heavy (non-hydrogen) atoms. The van der Waals surface area contributed by atoms with Crippen LogP contribution in [-0.4, -0.2) is 0 Å². The van der Waals surface area contributed by atoms with Crippen molar-refractivity contribution in [3.05, 3.63) is 59.9 Å². The van der Waals surface area contributed by atoms with Crippen LogP contribution >= 0.6 is 0 Å².